The number of likely N-dealkylation sites (N-methyl/N-ethyl adjacent to an activating group) is 1. The van der Waals surface area contributed by atoms with E-state index in [0.29, 0.717) is 13.1 Å². The van der Waals surface area contributed by atoms with Gasteiger partial charge >= 0.3 is 5.97 Å². The molecule has 2 aromatic rings. The van der Waals surface area contributed by atoms with Crippen LogP contribution in [0.15, 0.2) is 58.3 Å². The number of rotatable bonds is 6. The largest absolute Gasteiger partial charge is 0.456 e. The fourth-order valence-corrected chi connectivity index (χ4v) is 3.79. The van der Waals surface area contributed by atoms with Crippen molar-refractivity contribution in [2.75, 3.05) is 24.6 Å². The second-order valence-corrected chi connectivity index (χ2v) is 6.64. The summed E-state index contributed by atoms with van der Waals surface area (Å²) < 4.78 is 5.04. The first kappa shape index (κ1) is 17.4. The average Bonchev–Trinajstić information content (AvgIpc) is 2.63. The molecule has 1 aliphatic rings. The molecular formula is C19H20N2O3S. The fourth-order valence-electron chi connectivity index (χ4n) is 2.69. The highest BCUT2D eigenvalue weighted by Gasteiger charge is 2.23. The van der Waals surface area contributed by atoms with Gasteiger partial charge in [0.05, 0.1) is 17.8 Å². The Morgan fingerprint density at radius 3 is 2.24 bits per heavy atom. The van der Waals surface area contributed by atoms with Crippen LogP contribution >= 0.6 is 11.8 Å². The smallest absolute Gasteiger partial charge is 0.308 e. The Kier molecular flexibility index (Phi) is 5.60. The second kappa shape index (κ2) is 8.07. The lowest BCUT2D eigenvalue weighted by molar-refractivity contribution is -0.148. The normalized spacial score (nSPS) is 12.1. The molecule has 1 amide bonds. The van der Waals surface area contributed by atoms with Gasteiger partial charge in [-0.1, -0.05) is 36.0 Å². The monoisotopic (exact) mass is 356 g/mol. The lowest BCUT2D eigenvalue weighted by atomic mass is 10.2. The summed E-state index contributed by atoms with van der Waals surface area (Å²) in [5, 5.41) is 2.60. The van der Waals surface area contributed by atoms with E-state index in [4.69, 9.17) is 4.74 Å². The van der Waals surface area contributed by atoms with Gasteiger partial charge in [0, 0.05) is 22.9 Å². The van der Waals surface area contributed by atoms with Crippen molar-refractivity contribution in [2.24, 2.45) is 0 Å². The molecule has 1 heterocycles. The van der Waals surface area contributed by atoms with Crippen LogP contribution in [0.2, 0.25) is 0 Å². The number of anilines is 2. The van der Waals surface area contributed by atoms with Gasteiger partial charge in [0.2, 0.25) is 0 Å². The molecule has 130 valence electrons. The number of benzene rings is 2. The molecule has 1 aliphatic heterocycles. The van der Waals surface area contributed by atoms with E-state index in [9.17, 15) is 9.59 Å². The zero-order chi connectivity index (χ0) is 17.6. The minimum Gasteiger partial charge on any atom is -0.456 e. The van der Waals surface area contributed by atoms with Crippen molar-refractivity contribution in [2.45, 2.75) is 23.1 Å². The number of carbonyl (C=O) groups is 2. The Morgan fingerprint density at radius 2 is 1.64 bits per heavy atom. The predicted octanol–water partition coefficient (Wildman–Crippen LogP) is 3.36. The summed E-state index contributed by atoms with van der Waals surface area (Å²) in [6.07, 6.45) is 0.215. The standard InChI is InChI=1S/C19H20N2O3S/c1-2-20-18(22)13-24-19(23)11-12-21-14-7-3-5-9-16(14)25-17-10-6-4-8-15(17)21/h3-10H,2,11-13H2,1H3,(H,20,22). The molecular weight excluding hydrogens is 336 g/mol. The van der Waals surface area contributed by atoms with E-state index in [1.165, 1.54) is 0 Å². The molecule has 25 heavy (non-hydrogen) atoms. The number of esters is 1. The second-order valence-electron chi connectivity index (χ2n) is 5.55. The Morgan fingerprint density at radius 1 is 1.04 bits per heavy atom. The third-order valence-corrected chi connectivity index (χ3v) is 4.94. The molecule has 0 saturated heterocycles. The first-order valence-electron chi connectivity index (χ1n) is 8.25. The highest BCUT2D eigenvalue weighted by atomic mass is 32.2. The predicted molar refractivity (Wildman–Crippen MR) is 98.3 cm³/mol. The summed E-state index contributed by atoms with van der Waals surface area (Å²) in [5.41, 5.74) is 2.17. The van der Waals surface area contributed by atoms with Crippen molar-refractivity contribution in [1.29, 1.82) is 0 Å². The molecule has 6 heteroatoms. The average molecular weight is 356 g/mol. The summed E-state index contributed by atoms with van der Waals surface area (Å²) in [5.74, 6) is -0.652. The molecule has 2 aromatic carbocycles. The maximum absolute atomic E-state index is 12.0. The van der Waals surface area contributed by atoms with Crippen molar-refractivity contribution >= 4 is 35.0 Å². The third kappa shape index (κ3) is 4.14. The molecule has 1 N–H and O–H groups in total. The van der Waals surface area contributed by atoms with Crippen molar-refractivity contribution in [3.05, 3.63) is 48.5 Å². The molecule has 0 radical (unpaired) electrons. The molecule has 3 rings (SSSR count). The number of nitrogens with one attached hydrogen (secondary N) is 1. The number of carbonyl (C=O) groups excluding carboxylic acids is 2. The van der Waals surface area contributed by atoms with Crippen LogP contribution < -0.4 is 10.2 Å². The zero-order valence-corrected chi connectivity index (χ0v) is 14.8. The SMILES string of the molecule is CCNC(=O)COC(=O)CCN1c2ccccc2Sc2ccccc21. The summed E-state index contributed by atoms with van der Waals surface area (Å²) >= 11 is 1.73. The summed E-state index contributed by atoms with van der Waals surface area (Å²) in [7, 11) is 0. The lowest BCUT2D eigenvalue weighted by Crippen LogP contribution is -2.29. The number of nitrogens with zero attached hydrogens (tertiary/aromatic N) is 1. The maximum Gasteiger partial charge on any atom is 0.308 e. The molecule has 0 spiro atoms. The lowest BCUT2D eigenvalue weighted by Gasteiger charge is -2.32. The Balaban J connectivity index is 1.68. The minimum atomic E-state index is -0.376. The fraction of sp³-hybridized carbons (Fsp3) is 0.263. The van der Waals surface area contributed by atoms with Gasteiger partial charge in [0.25, 0.3) is 5.91 Å². The maximum atomic E-state index is 12.0. The molecule has 0 aliphatic carbocycles. The van der Waals surface area contributed by atoms with Gasteiger partial charge in [-0.3, -0.25) is 9.59 Å². The van der Waals surface area contributed by atoms with Crippen LogP contribution in [0.4, 0.5) is 11.4 Å². The third-order valence-electron chi connectivity index (χ3n) is 3.81. The van der Waals surface area contributed by atoms with Gasteiger partial charge < -0.3 is 15.0 Å². The number of hydrogen-bond acceptors (Lipinski definition) is 5. The number of para-hydroxylation sites is 2. The van der Waals surface area contributed by atoms with Crippen molar-refractivity contribution in [3.63, 3.8) is 0 Å². The summed E-state index contributed by atoms with van der Waals surface area (Å²) in [4.78, 5) is 27.8. The van der Waals surface area contributed by atoms with E-state index in [0.717, 1.165) is 21.2 Å². The zero-order valence-electron chi connectivity index (χ0n) is 14.0. The molecule has 0 atom stereocenters. The quantitative estimate of drug-likeness (QED) is 0.805. The topological polar surface area (TPSA) is 58.6 Å². The van der Waals surface area contributed by atoms with E-state index in [-0.39, 0.29) is 24.9 Å². The summed E-state index contributed by atoms with van der Waals surface area (Å²) in [6.45, 7) is 2.62. The summed E-state index contributed by atoms with van der Waals surface area (Å²) in [6, 6.07) is 16.3. The van der Waals surface area contributed by atoms with Crippen LogP contribution in [0.5, 0.6) is 0 Å². The van der Waals surface area contributed by atoms with Gasteiger partial charge in [0.1, 0.15) is 0 Å². The number of ether oxygens (including phenoxy) is 1. The van der Waals surface area contributed by atoms with Crippen LogP contribution in [0.25, 0.3) is 0 Å². The van der Waals surface area contributed by atoms with Gasteiger partial charge in [-0.2, -0.15) is 0 Å². The molecule has 0 fully saturated rings. The molecule has 0 aromatic heterocycles. The van der Waals surface area contributed by atoms with E-state index >= 15 is 0 Å². The van der Waals surface area contributed by atoms with Gasteiger partial charge in [-0.25, -0.2) is 0 Å². The number of amides is 1. The minimum absolute atomic E-state index is 0.215. The van der Waals surface area contributed by atoms with E-state index < -0.39 is 0 Å². The highest BCUT2D eigenvalue weighted by Crippen LogP contribution is 2.47. The van der Waals surface area contributed by atoms with Crippen LogP contribution in [0.1, 0.15) is 13.3 Å². The first-order valence-corrected chi connectivity index (χ1v) is 9.06. The highest BCUT2D eigenvalue weighted by molar-refractivity contribution is 7.99. The van der Waals surface area contributed by atoms with Crippen LogP contribution in [-0.2, 0) is 14.3 Å². The molecule has 0 unspecified atom stereocenters. The molecule has 5 nitrogen and oxygen atoms in total. The number of hydrogen-bond donors (Lipinski definition) is 1. The van der Waals surface area contributed by atoms with Crippen molar-refractivity contribution in [3.8, 4) is 0 Å². The van der Waals surface area contributed by atoms with Crippen LogP contribution in [0, 0.1) is 0 Å². The Labute approximate surface area is 151 Å². The molecule has 0 bridgehead atoms. The Hall–Kier alpha value is -2.47. The van der Waals surface area contributed by atoms with Crippen molar-refractivity contribution < 1.29 is 14.3 Å². The van der Waals surface area contributed by atoms with Gasteiger partial charge in [0.15, 0.2) is 6.61 Å². The van der Waals surface area contributed by atoms with E-state index in [2.05, 4.69) is 34.5 Å². The van der Waals surface area contributed by atoms with Crippen LogP contribution in [-0.4, -0.2) is 31.6 Å². The van der Waals surface area contributed by atoms with Gasteiger partial charge in [-0.05, 0) is 31.2 Å². The van der Waals surface area contributed by atoms with Crippen molar-refractivity contribution in [1.82, 2.24) is 5.32 Å². The van der Waals surface area contributed by atoms with E-state index in [1.807, 2.05) is 31.2 Å². The first-order chi connectivity index (χ1) is 12.2. The van der Waals surface area contributed by atoms with E-state index in [1.54, 1.807) is 11.8 Å². The molecule has 0 saturated carbocycles. The van der Waals surface area contributed by atoms with Gasteiger partial charge in [-0.15, -0.1) is 0 Å². The number of fused-ring (bicyclic) bond motifs is 2. The Bertz CT molecular complexity index is 733. The van der Waals surface area contributed by atoms with Crippen LogP contribution in [0.3, 0.4) is 0 Å².